The van der Waals surface area contributed by atoms with E-state index >= 15 is 0 Å². The van der Waals surface area contributed by atoms with E-state index in [9.17, 15) is 13.2 Å². The van der Waals surface area contributed by atoms with E-state index in [2.05, 4.69) is 15.3 Å². The van der Waals surface area contributed by atoms with E-state index in [0.29, 0.717) is 31.0 Å². The van der Waals surface area contributed by atoms with Crippen LogP contribution in [0.3, 0.4) is 0 Å². The lowest BCUT2D eigenvalue weighted by Crippen LogP contribution is -2.38. The molecule has 0 radical (unpaired) electrons. The van der Waals surface area contributed by atoms with Crippen LogP contribution in [0.4, 0.5) is 0 Å². The van der Waals surface area contributed by atoms with Gasteiger partial charge in [0.1, 0.15) is 5.82 Å². The first-order valence-corrected chi connectivity index (χ1v) is 9.41. The quantitative estimate of drug-likeness (QED) is 0.844. The van der Waals surface area contributed by atoms with Gasteiger partial charge in [-0.1, -0.05) is 0 Å². The fraction of sp³-hybridized carbons (Fsp3) is 0.400. The molecule has 0 bridgehead atoms. The summed E-state index contributed by atoms with van der Waals surface area (Å²) < 4.78 is 27.3. The van der Waals surface area contributed by atoms with E-state index in [-0.39, 0.29) is 18.4 Å². The molecule has 0 spiro atoms. The van der Waals surface area contributed by atoms with Gasteiger partial charge in [0.2, 0.25) is 10.0 Å². The summed E-state index contributed by atoms with van der Waals surface area (Å²) in [6, 6.07) is 3.38. The molecular formula is C15H19N5O3S. The fourth-order valence-electron chi connectivity index (χ4n) is 2.72. The van der Waals surface area contributed by atoms with Crippen LogP contribution in [-0.2, 0) is 23.1 Å². The number of sulfonamides is 1. The largest absolute Gasteiger partial charge is 0.352 e. The third-order valence-corrected chi connectivity index (χ3v) is 5.20. The zero-order chi connectivity index (χ0) is 17.2. The Hall–Kier alpha value is -2.26. The van der Waals surface area contributed by atoms with Gasteiger partial charge in [-0.25, -0.2) is 13.4 Å². The molecule has 9 heteroatoms. The zero-order valence-corrected chi connectivity index (χ0v) is 14.1. The Morgan fingerprint density at radius 2 is 2.21 bits per heavy atom. The Bertz CT molecular complexity index is 819. The first-order chi connectivity index (χ1) is 11.4. The van der Waals surface area contributed by atoms with Gasteiger partial charge < -0.3 is 9.88 Å². The summed E-state index contributed by atoms with van der Waals surface area (Å²) in [6.07, 6.45) is 7.78. The molecule has 1 amide bonds. The van der Waals surface area contributed by atoms with E-state index in [1.807, 2.05) is 10.8 Å². The molecule has 1 aliphatic heterocycles. The van der Waals surface area contributed by atoms with Gasteiger partial charge in [0.25, 0.3) is 5.91 Å². The molecule has 3 heterocycles. The monoisotopic (exact) mass is 349 g/mol. The molecule has 2 aromatic heterocycles. The molecule has 1 N–H and O–H groups in total. The van der Waals surface area contributed by atoms with Crippen LogP contribution in [0.2, 0.25) is 0 Å². The number of carbonyl (C=O) groups is 1. The van der Waals surface area contributed by atoms with E-state index < -0.39 is 10.0 Å². The van der Waals surface area contributed by atoms with Crippen molar-refractivity contribution in [1.29, 1.82) is 0 Å². The molecule has 1 atom stereocenters. The number of pyridine rings is 1. The molecule has 0 fully saturated rings. The summed E-state index contributed by atoms with van der Waals surface area (Å²) in [5, 5.41) is 2.86. The molecule has 0 aliphatic carbocycles. The van der Waals surface area contributed by atoms with Crippen LogP contribution in [0.5, 0.6) is 0 Å². The molecule has 0 saturated heterocycles. The SMILES string of the molecule is CS(=O)(=O)N1Cc2nccn2CC(CNC(=O)c2cccnc2)C1. The lowest BCUT2D eigenvalue weighted by Gasteiger charge is -2.22. The molecule has 0 saturated carbocycles. The minimum Gasteiger partial charge on any atom is -0.352 e. The maximum Gasteiger partial charge on any atom is 0.252 e. The van der Waals surface area contributed by atoms with Gasteiger partial charge in [-0.3, -0.25) is 9.78 Å². The van der Waals surface area contributed by atoms with E-state index in [1.165, 1.54) is 16.8 Å². The summed E-state index contributed by atoms with van der Waals surface area (Å²) in [5.74, 6) is 0.446. The molecular weight excluding hydrogens is 330 g/mol. The van der Waals surface area contributed by atoms with Crippen molar-refractivity contribution in [2.75, 3.05) is 19.3 Å². The van der Waals surface area contributed by atoms with Crippen LogP contribution in [0.25, 0.3) is 0 Å². The first-order valence-electron chi connectivity index (χ1n) is 7.57. The third kappa shape index (κ3) is 3.80. The van der Waals surface area contributed by atoms with Crippen molar-refractivity contribution >= 4 is 15.9 Å². The van der Waals surface area contributed by atoms with Crippen molar-refractivity contribution in [2.45, 2.75) is 13.1 Å². The number of hydrogen-bond acceptors (Lipinski definition) is 5. The highest BCUT2D eigenvalue weighted by Gasteiger charge is 2.27. The summed E-state index contributed by atoms with van der Waals surface area (Å²) in [4.78, 5) is 20.3. The second-order valence-corrected chi connectivity index (χ2v) is 7.85. The smallest absolute Gasteiger partial charge is 0.252 e. The van der Waals surface area contributed by atoms with E-state index in [4.69, 9.17) is 0 Å². The molecule has 24 heavy (non-hydrogen) atoms. The van der Waals surface area contributed by atoms with Crippen molar-refractivity contribution in [2.24, 2.45) is 5.92 Å². The van der Waals surface area contributed by atoms with Gasteiger partial charge in [0.15, 0.2) is 0 Å². The summed E-state index contributed by atoms with van der Waals surface area (Å²) >= 11 is 0. The highest BCUT2D eigenvalue weighted by Crippen LogP contribution is 2.17. The third-order valence-electron chi connectivity index (χ3n) is 3.98. The standard InChI is InChI=1S/C15H19N5O3S/c1-24(22,23)20-10-12(9-19-6-5-17-14(19)11-20)7-18-15(21)13-3-2-4-16-8-13/h2-6,8,12H,7,9-11H2,1H3,(H,18,21). The van der Waals surface area contributed by atoms with Crippen molar-refractivity contribution in [1.82, 2.24) is 24.2 Å². The Labute approximate surface area is 140 Å². The molecule has 128 valence electrons. The Morgan fingerprint density at radius 1 is 1.38 bits per heavy atom. The predicted octanol–water partition coefficient (Wildman–Crippen LogP) is 0.0995. The maximum absolute atomic E-state index is 12.1. The Balaban J connectivity index is 1.71. The number of hydrogen-bond donors (Lipinski definition) is 1. The van der Waals surface area contributed by atoms with Crippen LogP contribution in [0.1, 0.15) is 16.2 Å². The van der Waals surface area contributed by atoms with Crippen molar-refractivity contribution in [3.8, 4) is 0 Å². The van der Waals surface area contributed by atoms with Crippen LogP contribution < -0.4 is 5.32 Å². The van der Waals surface area contributed by atoms with Gasteiger partial charge in [-0.2, -0.15) is 4.31 Å². The predicted molar refractivity (Wildman–Crippen MR) is 87.5 cm³/mol. The number of aromatic nitrogens is 3. The molecule has 0 aromatic carbocycles. The minimum absolute atomic E-state index is 0.0456. The Kier molecular flexibility index (Phi) is 4.63. The van der Waals surface area contributed by atoms with Crippen molar-refractivity contribution < 1.29 is 13.2 Å². The topological polar surface area (TPSA) is 97.2 Å². The fourth-order valence-corrected chi connectivity index (χ4v) is 3.55. The lowest BCUT2D eigenvalue weighted by molar-refractivity contribution is 0.0944. The normalized spacial score (nSPS) is 18.6. The van der Waals surface area contributed by atoms with Crippen LogP contribution in [-0.4, -0.2) is 52.5 Å². The van der Waals surface area contributed by atoms with Gasteiger partial charge in [0, 0.05) is 50.3 Å². The molecule has 2 aromatic rings. The number of carbonyl (C=O) groups excluding carboxylic acids is 1. The Morgan fingerprint density at radius 3 is 2.92 bits per heavy atom. The molecule has 8 nitrogen and oxygen atoms in total. The molecule has 3 rings (SSSR count). The van der Waals surface area contributed by atoms with E-state index in [0.717, 1.165) is 0 Å². The number of nitrogens with one attached hydrogen (secondary N) is 1. The summed E-state index contributed by atoms with van der Waals surface area (Å²) in [7, 11) is -3.34. The number of fused-ring (bicyclic) bond motifs is 1. The maximum atomic E-state index is 12.1. The highest BCUT2D eigenvalue weighted by atomic mass is 32.2. The zero-order valence-electron chi connectivity index (χ0n) is 13.3. The number of imidazole rings is 1. The second kappa shape index (κ2) is 6.70. The summed E-state index contributed by atoms with van der Waals surface area (Å²) in [5.41, 5.74) is 0.481. The van der Waals surface area contributed by atoms with Crippen molar-refractivity contribution in [3.05, 3.63) is 48.3 Å². The van der Waals surface area contributed by atoms with Gasteiger partial charge in [-0.15, -0.1) is 0 Å². The van der Waals surface area contributed by atoms with Gasteiger partial charge in [-0.05, 0) is 12.1 Å². The lowest BCUT2D eigenvalue weighted by atomic mass is 10.1. The number of nitrogens with zero attached hydrogens (tertiary/aromatic N) is 4. The van der Waals surface area contributed by atoms with Gasteiger partial charge in [0.05, 0.1) is 18.4 Å². The first kappa shape index (κ1) is 16.6. The summed E-state index contributed by atoms with van der Waals surface area (Å²) in [6.45, 7) is 1.57. The average molecular weight is 349 g/mol. The van der Waals surface area contributed by atoms with Gasteiger partial charge >= 0.3 is 0 Å². The highest BCUT2D eigenvalue weighted by molar-refractivity contribution is 7.88. The van der Waals surface area contributed by atoms with Crippen LogP contribution in [0.15, 0.2) is 36.9 Å². The van der Waals surface area contributed by atoms with Crippen molar-refractivity contribution in [3.63, 3.8) is 0 Å². The van der Waals surface area contributed by atoms with Crippen LogP contribution >= 0.6 is 0 Å². The van der Waals surface area contributed by atoms with E-state index in [1.54, 1.807) is 24.5 Å². The average Bonchev–Trinajstić information content (AvgIpc) is 2.90. The molecule has 1 unspecified atom stereocenters. The van der Waals surface area contributed by atoms with Crippen LogP contribution in [0, 0.1) is 5.92 Å². The minimum atomic E-state index is -3.34. The second-order valence-electron chi connectivity index (χ2n) is 5.87. The number of rotatable bonds is 4. The molecule has 1 aliphatic rings. The number of amides is 1.